The molecule has 1 atom stereocenters. The van der Waals surface area contributed by atoms with Gasteiger partial charge in [-0.2, -0.15) is 0 Å². The molecule has 6 aromatic rings. The van der Waals surface area contributed by atoms with E-state index in [1.165, 1.54) is 35.0 Å². The van der Waals surface area contributed by atoms with Gasteiger partial charge in [-0.05, 0) is 59.6 Å². The molecule has 0 aliphatic rings. The number of benzene rings is 4. The average Bonchev–Trinajstić information content (AvgIpc) is 3.61. The summed E-state index contributed by atoms with van der Waals surface area (Å²) in [6.45, 7) is 18.4. The first-order chi connectivity index (χ1) is 26.3. The fourth-order valence-electron chi connectivity index (χ4n) is 5.90. The quantitative estimate of drug-likeness (QED) is 0.0653. The molecule has 0 bridgehead atoms. The number of fused-ring (bicyclic) bond motifs is 1. The van der Waals surface area contributed by atoms with E-state index >= 15 is 8.78 Å². The molecule has 1 unspecified atom stereocenters. The number of halogens is 2. The fourth-order valence-corrected chi connectivity index (χ4v) is 7.07. The van der Waals surface area contributed by atoms with Gasteiger partial charge in [-0.3, -0.25) is 4.79 Å². The molecule has 4 aromatic carbocycles. The second-order valence-corrected chi connectivity index (χ2v) is 19.4. The number of aldehydes is 1. The van der Waals surface area contributed by atoms with Gasteiger partial charge in [0.2, 0.25) is 5.69 Å². The lowest BCUT2D eigenvalue weighted by Crippen LogP contribution is -2.42. The van der Waals surface area contributed by atoms with E-state index in [2.05, 4.69) is 25.6 Å². The van der Waals surface area contributed by atoms with Crippen LogP contribution in [0.2, 0.25) is 18.1 Å². The number of rotatable bonds is 13. The first kappa shape index (κ1) is 38.7. The summed E-state index contributed by atoms with van der Waals surface area (Å²) in [7, 11) is 0.530. The third kappa shape index (κ3) is 8.11. The van der Waals surface area contributed by atoms with E-state index in [1.54, 1.807) is 26.4 Å². The van der Waals surface area contributed by atoms with Gasteiger partial charge in [0.15, 0.2) is 31.9 Å². The molecule has 0 spiro atoms. The highest BCUT2D eigenvalue weighted by Crippen LogP contribution is 2.42. The lowest BCUT2D eigenvalue weighted by atomic mass is 10.0. The second kappa shape index (κ2) is 15.8. The monoisotopic (exact) mass is 760 g/mol. The lowest BCUT2D eigenvalue weighted by Gasteiger charge is -2.38. The third-order valence-electron chi connectivity index (χ3n) is 9.99. The van der Waals surface area contributed by atoms with Crippen LogP contribution in [0.1, 0.15) is 59.7 Å². The van der Waals surface area contributed by atoms with E-state index in [0.717, 1.165) is 11.1 Å². The Morgan fingerprint density at radius 2 is 1.49 bits per heavy atom. The minimum atomic E-state index is -2.67. The molecule has 0 aliphatic carbocycles. The van der Waals surface area contributed by atoms with Gasteiger partial charge in [0.25, 0.3) is 0 Å². The standard InChI is InChI=1S/C42H42F2N6O4Si/c1-42(2,3)55(7,8)54-38(36-29(26-51)11-9-13-33(36)43)39-47-41-40(46-35(25-50(41)48-39)32-12-10-14-34(45-4)37(32)44)49(23-27-15-19-30(52-5)20-16-27)24-28-17-21-31(53-6)22-18-28/h9-22,25-26,38H,23-24H2,1-3,5-8H3. The molecule has 13 heteroatoms. The van der Waals surface area contributed by atoms with E-state index in [4.69, 9.17) is 35.5 Å². The molecule has 6 rings (SSSR count). The first-order valence-corrected chi connectivity index (χ1v) is 20.5. The highest BCUT2D eigenvalue weighted by molar-refractivity contribution is 6.74. The van der Waals surface area contributed by atoms with Gasteiger partial charge < -0.3 is 18.8 Å². The average molecular weight is 761 g/mol. The SMILES string of the molecule is [C-]#[N+]c1cccc(-c2cn3nc(C(O[Si](C)(C)C(C)(C)C)c4c(F)cccc4C=O)nc3c(N(Cc3ccc(OC)cc3)Cc3ccc(OC)cc3)n2)c1F. The van der Waals surface area contributed by atoms with Crippen LogP contribution < -0.4 is 14.4 Å². The molecule has 10 nitrogen and oxygen atoms in total. The van der Waals surface area contributed by atoms with E-state index in [-0.39, 0.29) is 44.6 Å². The number of methoxy groups -OCH3 is 2. The van der Waals surface area contributed by atoms with Crippen LogP contribution in [0.25, 0.3) is 21.7 Å². The summed E-state index contributed by atoms with van der Waals surface area (Å²) in [5.74, 6) is 0.466. The summed E-state index contributed by atoms with van der Waals surface area (Å²) in [5, 5.41) is 4.57. The van der Waals surface area contributed by atoms with E-state index in [9.17, 15) is 4.79 Å². The Labute approximate surface area is 320 Å². The van der Waals surface area contributed by atoms with Crippen LogP contribution >= 0.6 is 0 Å². The Balaban J connectivity index is 1.62. The maximum absolute atomic E-state index is 15.9. The number of carbonyl (C=O) groups is 1. The maximum atomic E-state index is 15.9. The molecular formula is C42H42F2N6O4Si. The molecule has 0 aliphatic heterocycles. The van der Waals surface area contributed by atoms with Crippen LogP contribution in [0, 0.1) is 18.2 Å². The van der Waals surface area contributed by atoms with Gasteiger partial charge >= 0.3 is 0 Å². The van der Waals surface area contributed by atoms with Crippen LogP contribution in [-0.2, 0) is 17.5 Å². The van der Waals surface area contributed by atoms with Crippen molar-refractivity contribution in [2.24, 2.45) is 0 Å². The largest absolute Gasteiger partial charge is 0.497 e. The Morgan fingerprint density at radius 1 is 0.891 bits per heavy atom. The van der Waals surface area contributed by atoms with E-state index < -0.39 is 26.1 Å². The number of carbonyl (C=O) groups excluding carboxylic acids is 1. The zero-order chi connectivity index (χ0) is 39.5. The predicted octanol–water partition coefficient (Wildman–Crippen LogP) is 9.77. The van der Waals surface area contributed by atoms with Crippen LogP contribution in [0.3, 0.4) is 0 Å². The Hall–Kier alpha value is -5.97. The summed E-state index contributed by atoms with van der Waals surface area (Å²) in [4.78, 5) is 27.7. The zero-order valence-corrected chi connectivity index (χ0v) is 32.8. The maximum Gasteiger partial charge on any atom is 0.222 e. The van der Waals surface area contributed by atoms with Gasteiger partial charge in [0.1, 0.15) is 29.2 Å². The fraction of sp³-hybridized carbons (Fsp3) is 0.262. The number of anilines is 1. The summed E-state index contributed by atoms with van der Waals surface area (Å²) in [5.41, 5.74) is 2.39. The second-order valence-electron chi connectivity index (χ2n) is 14.6. The van der Waals surface area contributed by atoms with Crippen LogP contribution in [0.15, 0.2) is 91.1 Å². The van der Waals surface area contributed by atoms with Crippen LogP contribution in [0.4, 0.5) is 20.3 Å². The Bertz CT molecular complexity index is 2320. The van der Waals surface area contributed by atoms with Crippen molar-refractivity contribution in [3.63, 3.8) is 0 Å². The number of nitrogens with zero attached hydrogens (tertiary/aromatic N) is 6. The van der Waals surface area contributed by atoms with Crippen LogP contribution in [0.5, 0.6) is 11.5 Å². The van der Waals surface area contributed by atoms with Crippen molar-refractivity contribution >= 4 is 31.8 Å². The number of hydrogen-bond donors (Lipinski definition) is 0. The molecule has 282 valence electrons. The molecular weight excluding hydrogens is 719 g/mol. The van der Waals surface area contributed by atoms with Crippen molar-refractivity contribution < 1.29 is 27.5 Å². The van der Waals surface area contributed by atoms with Crippen molar-refractivity contribution in [3.05, 3.63) is 142 Å². The molecule has 0 fully saturated rings. The Kier molecular flexibility index (Phi) is 11.1. The number of hydrogen-bond acceptors (Lipinski definition) is 8. The van der Waals surface area contributed by atoms with Crippen molar-refractivity contribution in [2.75, 3.05) is 19.1 Å². The summed E-state index contributed by atoms with van der Waals surface area (Å²) in [6, 6.07) is 24.1. The summed E-state index contributed by atoms with van der Waals surface area (Å²) < 4.78 is 50.9. The number of ether oxygens (including phenoxy) is 2. The summed E-state index contributed by atoms with van der Waals surface area (Å²) in [6.07, 6.45) is 0.961. The van der Waals surface area contributed by atoms with E-state index in [1.807, 2.05) is 66.5 Å². The van der Waals surface area contributed by atoms with Gasteiger partial charge in [0, 0.05) is 29.8 Å². The molecule has 0 amide bonds. The third-order valence-corrected chi connectivity index (χ3v) is 14.4. The molecule has 2 aromatic heterocycles. The molecule has 55 heavy (non-hydrogen) atoms. The van der Waals surface area contributed by atoms with Crippen molar-refractivity contribution in [1.82, 2.24) is 19.6 Å². The minimum absolute atomic E-state index is 0.0251. The lowest BCUT2D eigenvalue weighted by molar-refractivity contribution is 0.111. The van der Waals surface area contributed by atoms with Gasteiger partial charge in [0.05, 0.1) is 32.7 Å². The van der Waals surface area contributed by atoms with Crippen molar-refractivity contribution in [3.8, 4) is 22.8 Å². The van der Waals surface area contributed by atoms with Crippen molar-refractivity contribution in [1.29, 1.82) is 0 Å². The van der Waals surface area contributed by atoms with E-state index in [0.29, 0.717) is 36.7 Å². The van der Waals surface area contributed by atoms with Crippen LogP contribution in [-0.4, -0.2) is 48.4 Å². The molecule has 2 heterocycles. The summed E-state index contributed by atoms with van der Waals surface area (Å²) >= 11 is 0. The van der Waals surface area contributed by atoms with Gasteiger partial charge in [-0.1, -0.05) is 75.4 Å². The Morgan fingerprint density at radius 3 is 2.04 bits per heavy atom. The number of aromatic nitrogens is 4. The smallest absolute Gasteiger partial charge is 0.222 e. The van der Waals surface area contributed by atoms with Gasteiger partial charge in [-0.15, -0.1) is 5.10 Å². The molecule has 0 N–H and O–H groups in total. The molecule has 0 saturated carbocycles. The highest BCUT2D eigenvalue weighted by Gasteiger charge is 2.42. The topological polar surface area (TPSA) is 95.4 Å². The first-order valence-electron chi connectivity index (χ1n) is 17.6. The normalized spacial score (nSPS) is 12.3. The highest BCUT2D eigenvalue weighted by atomic mass is 28.4. The predicted molar refractivity (Wildman–Crippen MR) is 210 cm³/mol. The zero-order valence-electron chi connectivity index (χ0n) is 31.8. The molecule has 0 radical (unpaired) electrons. The van der Waals surface area contributed by atoms with Gasteiger partial charge in [-0.25, -0.2) is 28.1 Å². The van der Waals surface area contributed by atoms with Crippen molar-refractivity contribution in [2.45, 2.75) is 58.1 Å². The molecule has 0 saturated heterocycles. The minimum Gasteiger partial charge on any atom is -0.497 e.